The van der Waals surface area contributed by atoms with Crippen LogP contribution < -0.4 is 5.32 Å². The average Bonchev–Trinajstić information content (AvgIpc) is 3.18. The minimum Gasteiger partial charge on any atom is -0.380 e. The Bertz CT molecular complexity index is 347. The lowest BCUT2D eigenvalue weighted by molar-refractivity contribution is 0.127. The highest BCUT2D eigenvalue weighted by molar-refractivity contribution is 5.29. The van der Waals surface area contributed by atoms with Crippen LogP contribution in [0.2, 0.25) is 0 Å². The molecule has 1 N–H and O–H groups in total. The quantitative estimate of drug-likeness (QED) is 0.781. The zero-order valence-corrected chi connectivity index (χ0v) is 10.9. The fourth-order valence-corrected chi connectivity index (χ4v) is 2.02. The predicted octanol–water partition coefficient (Wildman–Crippen LogP) is 3.08. The molecule has 94 valence electrons. The molecule has 1 unspecified atom stereocenters. The van der Waals surface area contributed by atoms with Gasteiger partial charge in [-0.3, -0.25) is 0 Å². The highest BCUT2D eigenvalue weighted by atomic mass is 16.5. The fraction of sp³-hybridized carbons (Fsp3) is 0.600. The lowest BCUT2D eigenvalue weighted by Crippen LogP contribution is -2.30. The van der Waals surface area contributed by atoms with E-state index in [0.29, 0.717) is 6.04 Å². The number of nitrogens with one attached hydrogen (secondary N) is 1. The number of hydrogen-bond donors (Lipinski definition) is 1. The van der Waals surface area contributed by atoms with Gasteiger partial charge in [-0.25, -0.2) is 0 Å². The van der Waals surface area contributed by atoms with Crippen molar-refractivity contribution >= 4 is 0 Å². The van der Waals surface area contributed by atoms with Crippen LogP contribution in [0.25, 0.3) is 0 Å². The van der Waals surface area contributed by atoms with Gasteiger partial charge in [0.05, 0.1) is 6.61 Å². The normalized spacial score (nSPS) is 17.1. The molecule has 0 spiro atoms. The molecule has 0 amide bonds. The highest BCUT2D eigenvalue weighted by Crippen LogP contribution is 2.40. The molecule has 2 rings (SSSR count). The van der Waals surface area contributed by atoms with Gasteiger partial charge in [0.1, 0.15) is 0 Å². The maximum atomic E-state index is 5.39. The second kappa shape index (κ2) is 6.18. The molecule has 17 heavy (non-hydrogen) atoms. The minimum atomic E-state index is 0.416. The molecule has 1 fully saturated rings. The Morgan fingerprint density at radius 2 is 2.24 bits per heavy atom. The third-order valence-electron chi connectivity index (χ3n) is 3.23. The van der Waals surface area contributed by atoms with E-state index in [-0.39, 0.29) is 0 Å². The molecule has 2 nitrogen and oxygen atoms in total. The van der Waals surface area contributed by atoms with Gasteiger partial charge < -0.3 is 10.1 Å². The number of rotatable bonds is 7. The summed E-state index contributed by atoms with van der Waals surface area (Å²) in [5.74, 6) is 0.843. The van der Waals surface area contributed by atoms with Gasteiger partial charge in [0.2, 0.25) is 0 Å². The van der Waals surface area contributed by atoms with Crippen LogP contribution in [0, 0.1) is 0 Å². The molecule has 0 aliphatic heterocycles. The van der Waals surface area contributed by atoms with E-state index in [9.17, 15) is 0 Å². The first-order valence-corrected chi connectivity index (χ1v) is 6.69. The number of benzene rings is 1. The van der Waals surface area contributed by atoms with Gasteiger partial charge in [0, 0.05) is 19.2 Å². The molecule has 1 aromatic carbocycles. The molecule has 1 aromatic rings. The van der Waals surface area contributed by atoms with Crippen molar-refractivity contribution in [2.75, 3.05) is 13.2 Å². The first-order valence-electron chi connectivity index (χ1n) is 6.69. The number of ether oxygens (including phenoxy) is 1. The monoisotopic (exact) mass is 233 g/mol. The van der Waals surface area contributed by atoms with Crippen LogP contribution in [0.4, 0.5) is 0 Å². The molecular weight excluding hydrogens is 210 g/mol. The average molecular weight is 233 g/mol. The van der Waals surface area contributed by atoms with Gasteiger partial charge in [0.25, 0.3) is 0 Å². The zero-order chi connectivity index (χ0) is 12.1. The van der Waals surface area contributed by atoms with Crippen LogP contribution in [0.1, 0.15) is 43.7 Å². The molecule has 0 bridgehead atoms. The van der Waals surface area contributed by atoms with Crippen LogP contribution in [0.15, 0.2) is 24.3 Å². The maximum absolute atomic E-state index is 5.39. The summed E-state index contributed by atoms with van der Waals surface area (Å²) in [6.45, 7) is 6.73. The summed E-state index contributed by atoms with van der Waals surface area (Å²) in [6, 6.07) is 9.40. The van der Waals surface area contributed by atoms with Crippen LogP contribution in [-0.4, -0.2) is 19.3 Å². The third kappa shape index (κ3) is 4.14. The van der Waals surface area contributed by atoms with Gasteiger partial charge in [-0.05, 0) is 43.7 Å². The molecule has 0 radical (unpaired) electrons. The van der Waals surface area contributed by atoms with Gasteiger partial charge in [0.15, 0.2) is 0 Å². The Labute approximate surface area is 104 Å². The standard InChI is InChI=1S/C15H23NO/c1-3-17-11-12(2)16-10-13-5-4-6-15(9-13)14-7-8-14/h4-6,9,12,14,16H,3,7-8,10-11H2,1-2H3. The van der Waals surface area contributed by atoms with E-state index >= 15 is 0 Å². The van der Waals surface area contributed by atoms with Crippen LogP contribution in [0.5, 0.6) is 0 Å². The smallest absolute Gasteiger partial charge is 0.0616 e. The van der Waals surface area contributed by atoms with Crippen molar-refractivity contribution in [2.45, 2.75) is 45.2 Å². The van der Waals surface area contributed by atoms with Gasteiger partial charge in [-0.2, -0.15) is 0 Å². The van der Waals surface area contributed by atoms with E-state index in [0.717, 1.165) is 25.7 Å². The molecule has 0 heterocycles. The van der Waals surface area contributed by atoms with Crippen molar-refractivity contribution in [1.82, 2.24) is 5.32 Å². The lowest BCUT2D eigenvalue weighted by atomic mass is 10.1. The van der Waals surface area contributed by atoms with Crippen LogP contribution >= 0.6 is 0 Å². The Morgan fingerprint density at radius 3 is 2.94 bits per heavy atom. The van der Waals surface area contributed by atoms with E-state index in [2.05, 4.69) is 36.5 Å². The van der Waals surface area contributed by atoms with E-state index in [1.165, 1.54) is 24.0 Å². The van der Waals surface area contributed by atoms with Gasteiger partial charge in [-0.15, -0.1) is 0 Å². The van der Waals surface area contributed by atoms with Crippen molar-refractivity contribution in [3.05, 3.63) is 35.4 Å². The third-order valence-corrected chi connectivity index (χ3v) is 3.23. The van der Waals surface area contributed by atoms with Crippen LogP contribution in [0.3, 0.4) is 0 Å². The second-order valence-corrected chi connectivity index (χ2v) is 4.96. The largest absolute Gasteiger partial charge is 0.380 e. The zero-order valence-electron chi connectivity index (χ0n) is 10.9. The lowest BCUT2D eigenvalue weighted by Gasteiger charge is -2.14. The summed E-state index contributed by atoms with van der Waals surface area (Å²) in [5.41, 5.74) is 2.90. The highest BCUT2D eigenvalue weighted by Gasteiger charge is 2.23. The summed E-state index contributed by atoms with van der Waals surface area (Å²) in [5, 5.41) is 3.50. The van der Waals surface area contributed by atoms with Crippen LogP contribution in [-0.2, 0) is 11.3 Å². The molecule has 1 aliphatic carbocycles. The first kappa shape index (κ1) is 12.6. The topological polar surface area (TPSA) is 21.3 Å². The van der Waals surface area contributed by atoms with E-state index in [1.54, 1.807) is 0 Å². The summed E-state index contributed by atoms with van der Waals surface area (Å²) in [6.07, 6.45) is 2.75. The van der Waals surface area contributed by atoms with E-state index < -0.39 is 0 Å². The molecule has 1 atom stereocenters. The Morgan fingerprint density at radius 1 is 1.41 bits per heavy atom. The molecule has 0 saturated heterocycles. The molecule has 1 aliphatic rings. The summed E-state index contributed by atoms with van der Waals surface area (Å²) >= 11 is 0. The molecule has 2 heteroatoms. The van der Waals surface area contributed by atoms with Crippen molar-refractivity contribution < 1.29 is 4.74 Å². The van der Waals surface area contributed by atoms with Crippen molar-refractivity contribution in [2.24, 2.45) is 0 Å². The van der Waals surface area contributed by atoms with Crippen molar-refractivity contribution in [3.8, 4) is 0 Å². The Balaban J connectivity index is 1.79. The fourth-order valence-electron chi connectivity index (χ4n) is 2.02. The second-order valence-electron chi connectivity index (χ2n) is 4.96. The Hall–Kier alpha value is -0.860. The van der Waals surface area contributed by atoms with Crippen molar-refractivity contribution in [3.63, 3.8) is 0 Å². The predicted molar refractivity (Wildman–Crippen MR) is 71.2 cm³/mol. The molecule has 1 saturated carbocycles. The van der Waals surface area contributed by atoms with Gasteiger partial charge in [-0.1, -0.05) is 24.3 Å². The first-order chi connectivity index (χ1) is 8.29. The summed E-state index contributed by atoms with van der Waals surface area (Å²) in [7, 11) is 0. The minimum absolute atomic E-state index is 0.416. The molecular formula is C15H23NO. The molecule has 0 aromatic heterocycles. The maximum Gasteiger partial charge on any atom is 0.0616 e. The Kier molecular flexibility index (Phi) is 4.57. The van der Waals surface area contributed by atoms with E-state index in [1.807, 2.05) is 6.92 Å². The summed E-state index contributed by atoms with van der Waals surface area (Å²) < 4.78 is 5.39. The SMILES string of the molecule is CCOCC(C)NCc1cccc(C2CC2)c1. The van der Waals surface area contributed by atoms with Crippen molar-refractivity contribution in [1.29, 1.82) is 0 Å². The van der Waals surface area contributed by atoms with Gasteiger partial charge >= 0.3 is 0 Å². The summed E-state index contributed by atoms with van der Waals surface area (Å²) in [4.78, 5) is 0. The number of hydrogen-bond acceptors (Lipinski definition) is 2. The van der Waals surface area contributed by atoms with E-state index in [4.69, 9.17) is 4.74 Å².